The normalized spacial score (nSPS) is 21.5. The molecule has 1 aliphatic heterocycles. The summed E-state index contributed by atoms with van der Waals surface area (Å²) in [6.07, 6.45) is 3.76. The SMILES string of the molecule is CCC1CN(c2ncccc2C=O)CCN1C. The summed E-state index contributed by atoms with van der Waals surface area (Å²) in [6.45, 7) is 5.10. The van der Waals surface area contributed by atoms with Gasteiger partial charge in [0.1, 0.15) is 5.82 Å². The topological polar surface area (TPSA) is 36.4 Å². The molecule has 0 radical (unpaired) electrons. The lowest BCUT2D eigenvalue weighted by molar-refractivity contribution is 0.112. The minimum absolute atomic E-state index is 0.547. The van der Waals surface area contributed by atoms with E-state index in [1.54, 1.807) is 12.3 Å². The number of aromatic nitrogens is 1. The Balaban J connectivity index is 2.20. The molecule has 2 heterocycles. The number of hydrogen-bond acceptors (Lipinski definition) is 4. The van der Waals surface area contributed by atoms with E-state index in [4.69, 9.17) is 0 Å². The van der Waals surface area contributed by atoms with Crippen molar-refractivity contribution in [2.75, 3.05) is 31.6 Å². The Labute approximate surface area is 102 Å². The van der Waals surface area contributed by atoms with Crippen LogP contribution in [0.2, 0.25) is 0 Å². The van der Waals surface area contributed by atoms with E-state index in [1.807, 2.05) is 6.07 Å². The molecule has 0 spiro atoms. The van der Waals surface area contributed by atoms with Crippen molar-refractivity contribution in [1.29, 1.82) is 0 Å². The molecule has 0 saturated carbocycles. The van der Waals surface area contributed by atoms with Gasteiger partial charge in [0.25, 0.3) is 0 Å². The van der Waals surface area contributed by atoms with Crippen LogP contribution in [0.5, 0.6) is 0 Å². The van der Waals surface area contributed by atoms with E-state index in [9.17, 15) is 4.79 Å². The molecule has 1 aromatic rings. The van der Waals surface area contributed by atoms with Crippen LogP contribution in [0.15, 0.2) is 18.3 Å². The van der Waals surface area contributed by atoms with Crippen molar-refractivity contribution in [2.24, 2.45) is 0 Å². The molecule has 1 unspecified atom stereocenters. The van der Waals surface area contributed by atoms with Gasteiger partial charge in [-0.25, -0.2) is 4.98 Å². The van der Waals surface area contributed by atoms with Gasteiger partial charge in [-0.05, 0) is 25.6 Å². The highest BCUT2D eigenvalue weighted by molar-refractivity contribution is 5.82. The first-order valence-corrected chi connectivity index (χ1v) is 6.11. The summed E-state index contributed by atoms with van der Waals surface area (Å²) < 4.78 is 0. The first kappa shape index (κ1) is 12.0. The van der Waals surface area contributed by atoms with E-state index in [2.05, 4.69) is 28.8 Å². The van der Waals surface area contributed by atoms with Crippen LogP contribution >= 0.6 is 0 Å². The molecule has 0 aromatic carbocycles. The third-order valence-corrected chi connectivity index (χ3v) is 3.49. The third kappa shape index (κ3) is 2.47. The van der Waals surface area contributed by atoms with E-state index in [0.717, 1.165) is 38.2 Å². The van der Waals surface area contributed by atoms with Gasteiger partial charge in [-0.3, -0.25) is 9.69 Å². The van der Waals surface area contributed by atoms with Gasteiger partial charge >= 0.3 is 0 Å². The molecule has 2 rings (SSSR count). The minimum atomic E-state index is 0.547. The molecule has 92 valence electrons. The molecule has 17 heavy (non-hydrogen) atoms. The molecule has 0 amide bonds. The molecular weight excluding hydrogens is 214 g/mol. The van der Waals surface area contributed by atoms with Gasteiger partial charge in [-0.1, -0.05) is 6.92 Å². The maximum absolute atomic E-state index is 11.0. The predicted octanol–water partition coefficient (Wildman–Crippen LogP) is 1.42. The van der Waals surface area contributed by atoms with E-state index in [1.165, 1.54) is 0 Å². The van der Waals surface area contributed by atoms with Gasteiger partial charge < -0.3 is 4.90 Å². The van der Waals surface area contributed by atoms with Crippen LogP contribution in [-0.2, 0) is 0 Å². The summed E-state index contributed by atoms with van der Waals surface area (Å²) in [5.74, 6) is 0.828. The number of nitrogens with zero attached hydrogens (tertiary/aromatic N) is 3. The van der Waals surface area contributed by atoms with E-state index < -0.39 is 0 Å². The number of aldehydes is 1. The fourth-order valence-corrected chi connectivity index (χ4v) is 2.34. The molecule has 0 bridgehead atoms. The highest BCUT2D eigenvalue weighted by Gasteiger charge is 2.24. The fourth-order valence-electron chi connectivity index (χ4n) is 2.34. The second kappa shape index (κ2) is 5.27. The summed E-state index contributed by atoms with van der Waals surface area (Å²) in [6, 6.07) is 4.18. The van der Waals surface area contributed by atoms with Gasteiger partial charge in [0, 0.05) is 31.9 Å². The second-order valence-corrected chi connectivity index (χ2v) is 4.52. The van der Waals surface area contributed by atoms with Crippen molar-refractivity contribution >= 4 is 12.1 Å². The summed E-state index contributed by atoms with van der Waals surface area (Å²) in [5.41, 5.74) is 0.687. The van der Waals surface area contributed by atoms with Crippen LogP contribution in [0.1, 0.15) is 23.7 Å². The Morgan fingerprint density at radius 3 is 3.06 bits per heavy atom. The van der Waals surface area contributed by atoms with Gasteiger partial charge in [0.05, 0.1) is 5.56 Å². The van der Waals surface area contributed by atoms with E-state index in [-0.39, 0.29) is 0 Å². The quantitative estimate of drug-likeness (QED) is 0.740. The average molecular weight is 233 g/mol. The lowest BCUT2D eigenvalue weighted by atomic mass is 10.1. The zero-order valence-electron chi connectivity index (χ0n) is 10.5. The number of anilines is 1. The van der Waals surface area contributed by atoms with Gasteiger partial charge in [-0.15, -0.1) is 0 Å². The Morgan fingerprint density at radius 2 is 2.35 bits per heavy atom. The van der Waals surface area contributed by atoms with Crippen LogP contribution in [-0.4, -0.2) is 48.9 Å². The average Bonchev–Trinajstić information content (AvgIpc) is 2.39. The smallest absolute Gasteiger partial charge is 0.153 e. The van der Waals surface area contributed by atoms with E-state index in [0.29, 0.717) is 11.6 Å². The van der Waals surface area contributed by atoms with Crippen molar-refractivity contribution in [3.63, 3.8) is 0 Å². The number of carbonyl (C=O) groups is 1. The molecule has 1 fully saturated rings. The Morgan fingerprint density at radius 1 is 1.53 bits per heavy atom. The first-order valence-electron chi connectivity index (χ1n) is 6.11. The molecule has 0 aliphatic carbocycles. The molecular formula is C13H19N3O. The molecule has 1 aromatic heterocycles. The maximum atomic E-state index is 11.0. The number of rotatable bonds is 3. The molecule has 1 aliphatic rings. The zero-order valence-corrected chi connectivity index (χ0v) is 10.5. The monoisotopic (exact) mass is 233 g/mol. The van der Waals surface area contributed by atoms with Crippen molar-refractivity contribution in [2.45, 2.75) is 19.4 Å². The van der Waals surface area contributed by atoms with Gasteiger partial charge in [0.2, 0.25) is 0 Å². The largest absolute Gasteiger partial charge is 0.353 e. The number of piperazine rings is 1. The third-order valence-electron chi connectivity index (χ3n) is 3.49. The Bertz CT molecular complexity index is 394. The number of hydrogen-bond donors (Lipinski definition) is 0. The second-order valence-electron chi connectivity index (χ2n) is 4.52. The van der Waals surface area contributed by atoms with Crippen LogP contribution in [0.4, 0.5) is 5.82 Å². The molecule has 1 saturated heterocycles. The van der Waals surface area contributed by atoms with Crippen LogP contribution in [0.3, 0.4) is 0 Å². The molecule has 1 atom stereocenters. The van der Waals surface area contributed by atoms with Gasteiger partial charge in [-0.2, -0.15) is 0 Å². The molecule has 4 heteroatoms. The zero-order chi connectivity index (χ0) is 12.3. The summed E-state index contributed by atoms with van der Waals surface area (Å²) in [7, 11) is 2.16. The van der Waals surface area contributed by atoms with Crippen molar-refractivity contribution < 1.29 is 4.79 Å². The lowest BCUT2D eigenvalue weighted by Crippen LogP contribution is -2.51. The number of pyridine rings is 1. The van der Waals surface area contributed by atoms with Crippen molar-refractivity contribution in [3.05, 3.63) is 23.9 Å². The standard InChI is InChI=1S/C13H19N3O/c1-3-12-9-16(8-7-15(12)2)13-11(10-17)5-4-6-14-13/h4-6,10,12H,3,7-9H2,1-2H3. The van der Waals surface area contributed by atoms with Crippen molar-refractivity contribution in [3.8, 4) is 0 Å². The van der Waals surface area contributed by atoms with Crippen LogP contribution < -0.4 is 4.90 Å². The summed E-state index contributed by atoms with van der Waals surface area (Å²) >= 11 is 0. The fraction of sp³-hybridized carbons (Fsp3) is 0.538. The van der Waals surface area contributed by atoms with Crippen LogP contribution in [0.25, 0.3) is 0 Å². The molecule has 4 nitrogen and oxygen atoms in total. The van der Waals surface area contributed by atoms with Gasteiger partial charge in [0.15, 0.2) is 6.29 Å². The number of carbonyl (C=O) groups excluding carboxylic acids is 1. The highest BCUT2D eigenvalue weighted by atomic mass is 16.1. The maximum Gasteiger partial charge on any atom is 0.153 e. The predicted molar refractivity (Wildman–Crippen MR) is 68.5 cm³/mol. The van der Waals surface area contributed by atoms with E-state index >= 15 is 0 Å². The Kier molecular flexibility index (Phi) is 3.74. The number of likely N-dealkylation sites (N-methyl/N-ethyl adjacent to an activating group) is 1. The summed E-state index contributed by atoms with van der Waals surface area (Å²) in [5, 5.41) is 0. The molecule has 0 N–H and O–H groups in total. The highest BCUT2D eigenvalue weighted by Crippen LogP contribution is 2.20. The minimum Gasteiger partial charge on any atom is -0.353 e. The Hall–Kier alpha value is -1.42. The van der Waals surface area contributed by atoms with Crippen molar-refractivity contribution in [1.82, 2.24) is 9.88 Å². The lowest BCUT2D eigenvalue weighted by Gasteiger charge is -2.40. The first-order chi connectivity index (χ1) is 8.26. The van der Waals surface area contributed by atoms with Crippen LogP contribution in [0, 0.1) is 0 Å². The summed E-state index contributed by atoms with van der Waals surface area (Å²) in [4.78, 5) is 19.9.